The van der Waals surface area contributed by atoms with Crippen molar-refractivity contribution in [2.75, 3.05) is 19.7 Å². The van der Waals surface area contributed by atoms with Gasteiger partial charge < -0.3 is 9.64 Å². The van der Waals surface area contributed by atoms with E-state index in [9.17, 15) is 4.79 Å². The lowest BCUT2D eigenvalue weighted by Crippen LogP contribution is -2.45. The zero-order valence-electron chi connectivity index (χ0n) is 14.6. The lowest BCUT2D eigenvalue weighted by molar-refractivity contribution is -0.138. The Labute approximate surface area is 148 Å². The van der Waals surface area contributed by atoms with Crippen LogP contribution in [0.1, 0.15) is 29.8 Å². The average molecular weight is 340 g/mol. The van der Waals surface area contributed by atoms with Crippen molar-refractivity contribution in [3.8, 4) is 0 Å². The van der Waals surface area contributed by atoms with Crippen LogP contribution in [0.25, 0.3) is 0 Å². The number of aromatic nitrogens is 3. The van der Waals surface area contributed by atoms with Crippen LogP contribution in [0.5, 0.6) is 0 Å². The summed E-state index contributed by atoms with van der Waals surface area (Å²) >= 11 is 0. The molecule has 25 heavy (non-hydrogen) atoms. The quantitative estimate of drug-likeness (QED) is 0.804. The Hall–Kier alpha value is -2.34. The fourth-order valence-electron chi connectivity index (χ4n) is 3.03. The van der Waals surface area contributed by atoms with E-state index < -0.39 is 0 Å². The minimum absolute atomic E-state index is 0.0753. The molecule has 0 N–H and O–H groups in total. The summed E-state index contributed by atoms with van der Waals surface area (Å²) in [5, 5.41) is 0. The van der Waals surface area contributed by atoms with E-state index >= 15 is 0 Å². The molecular weight excluding hydrogens is 316 g/mol. The third kappa shape index (κ3) is 5.32. The largest absolute Gasteiger partial charge is 0.375 e. The van der Waals surface area contributed by atoms with Crippen LogP contribution in [-0.4, -0.2) is 51.6 Å². The first-order valence-corrected chi connectivity index (χ1v) is 8.76. The minimum atomic E-state index is 0.0753. The number of hydrogen-bond donors (Lipinski definition) is 0. The SMILES string of the molecule is Cc1cc(CC[C@@H]2CN(C(=O)CCc3cccnc3)CCO2)ncn1. The van der Waals surface area contributed by atoms with E-state index in [1.807, 2.05) is 36.2 Å². The highest BCUT2D eigenvalue weighted by Crippen LogP contribution is 2.14. The Morgan fingerprint density at radius 3 is 3.08 bits per heavy atom. The molecule has 1 aliphatic rings. The van der Waals surface area contributed by atoms with E-state index in [2.05, 4.69) is 15.0 Å². The van der Waals surface area contributed by atoms with Gasteiger partial charge in [-0.1, -0.05) is 6.07 Å². The molecule has 6 heteroatoms. The van der Waals surface area contributed by atoms with E-state index in [0.29, 0.717) is 26.1 Å². The molecule has 0 unspecified atom stereocenters. The molecule has 0 aliphatic carbocycles. The number of amides is 1. The number of pyridine rings is 1. The van der Waals surface area contributed by atoms with Gasteiger partial charge in [-0.3, -0.25) is 9.78 Å². The molecule has 0 aromatic carbocycles. The molecule has 3 heterocycles. The number of morpholine rings is 1. The molecule has 1 fully saturated rings. The van der Waals surface area contributed by atoms with Crippen LogP contribution >= 0.6 is 0 Å². The number of carbonyl (C=O) groups is 1. The van der Waals surface area contributed by atoms with Crippen LogP contribution < -0.4 is 0 Å². The van der Waals surface area contributed by atoms with Crippen molar-refractivity contribution in [1.82, 2.24) is 19.9 Å². The van der Waals surface area contributed by atoms with Gasteiger partial charge in [-0.25, -0.2) is 9.97 Å². The number of rotatable bonds is 6. The topological polar surface area (TPSA) is 68.2 Å². The fraction of sp³-hybridized carbons (Fsp3) is 0.474. The summed E-state index contributed by atoms with van der Waals surface area (Å²) in [6.45, 7) is 3.90. The molecule has 2 aromatic heterocycles. The number of ether oxygens (including phenoxy) is 1. The van der Waals surface area contributed by atoms with E-state index in [4.69, 9.17) is 4.74 Å². The van der Waals surface area contributed by atoms with E-state index in [0.717, 1.165) is 36.2 Å². The van der Waals surface area contributed by atoms with Crippen molar-refractivity contribution < 1.29 is 9.53 Å². The number of nitrogens with zero attached hydrogens (tertiary/aromatic N) is 4. The fourth-order valence-corrected chi connectivity index (χ4v) is 3.03. The maximum absolute atomic E-state index is 12.5. The standard InChI is InChI=1S/C19H24N4O2/c1-15-11-17(22-14-21-15)5-6-18-13-23(9-10-25-18)19(24)7-4-16-3-2-8-20-12-16/h2-3,8,11-12,14,18H,4-7,9-10,13H2,1H3/t18-/m1/s1. The summed E-state index contributed by atoms with van der Waals surface area (Å²) in [5.74, 6) is 0.190. The molecule has 1 saturated heterocycles. The molecule has 0 radical (unpaired) electrons. The molecule has 132 valence electrons. The van der Waals surface area contributed by atoms with Gasteiger partial charge in [0.05, 0.1) is 12.7 Å². The summed E-state index contributed by atoms with van der Waals surface area (Å²) in [7, 11) is 0. The lowest BCUT2D eigenvalue weighted by Gasteiger charge is -2.33. The smallest absolute Gasteiger partial charge is 0.223 e. The first kappa shape index (κ1) is 17.5. The zero-order valence-corrected chi connectivity index (χ0v) is 14.6. The van der Waals surface area contributed by atoms with Crippen LogP contribution in [-0.2, 0) is 22.4 Å². The molecule has 0 bridgehead atoms. The second-order valence-corrected chi connectivity index (χ2v) is 6.38. The summed E-state index contributed by atoms with van der Waals surface area (Å²) < 4.78 is 5.83. The predicted molar refractivity (Wildman–Crippen MR) is 94.0 cm³/mol. The van der Waals surface area contributed by atoms with Crippen molar-refractivity contribution in [3.63, 3.8) is 0 Å². The number of hydrogen-bond acceptors (Lipinski definition) is 5. The zero-order chi connectivity index (χ0) is 17.5. The third-order valence-electron chi connectivity index (χ3n) is 4.42. The highest BCUT2D eigenvalue weighted by atomic mass is 16.5. The molecule has 1 amide bonds. The minimum Gasteiger partial charge on any atom is -0.375 e. The van der Waals surface area contributed by atoms with Gasteiger partial charge in [-0.15, -0.1) is 0 Å². The van der Waals surface area contributed by atoms with E-state index in [1.54, 1.807) is 12.5 Å². The van der Waals surface area contributed by atoms with Crippen molar-refractivity contribution in [1.29, 1.82) is 0 Å². The Morgan fingerprint density at radius 1 is 1.36 bits per heavy atom. The summed E-state index contributed by atoms with van der Waals surface area (Å²) in [5.41, 5.74) is 3.10. The van der Waals surface area contributed by atoms with Crippen LogP contribution in [0, 0.1) is 6.92 Å². The molecule has 2 aromatic rings. The maximum atomic E-state index is 12.5. The lowest BCUT2D eigenvalue weighted by atomic mass is 10.1. The maximum Gasteiger partial charge on any atom is 0.223 e. The monoisotopic (exact) mass is 340 g/mol. The van der Waals surface area contributed by atoms with Crippen molar-refractivity contribution >= 4 is 5.91 Å². The molecule has 3 rings (SSSR count). The van der Waals surface area contributed by atoms with Crippen LogP contribution in [0.4, 0.5) is 0 Å². The first-order chi connectivity index (χ1) is 12.2. The Bertz CT molecular complexity index is 693. The first-order valence-electron chi connectivity index (χ1n) is 8.76. The second kappa shape index (κ2) is 8.67. The van der Waals surface area contributed by atoms with Gasteiger partial charge in [0.15, 0.2) is 0 Å². The van der Waals surface area contributed by atoms with Crippen LogP contribution in [0.2, 0.25) is 0 Å². The highest BCUT2D eigenvalue weighted by molar-refractivity contribution is 5.76. The van der Waals surface area contributed by atoms with Gasteiger partial charge >= 0.3 is 0 Å². The van der Waals surface area contributed by atoms with Crippen molar-refractivity contribution in [2.24, 2.45) is 0 Å². The molecular formula is C19H24N4O2. The van der Waals surface area contributed by atoms with Crippen LogP contribution in [0.3, 0.4) is 0 Å². The van der Waals surface area contributed by atoms with Crippen molar-refractivity contribution in [2.45, 2.75) is 38.7 Å². The van der Waals surface area contributed by atoms with E-state index in [-0.39, 0.29) is 12.0 Å². The normalized spacial score (nSPS) is 17.5. The van der Waals surface area contributed by atoms with Gasteiger partial charge in [-0.05, 0) is 43.9 Å². The summed E-state index contributed by atoms with van der Waals surface area (Å²) in [6.07, 6.45) is 8.19. The van der Waals surface area contributed by atoms with E-state index in [1.165, 1.54) is 0 Å². The number of aryl methyl sites for hydroxylation is 3. The highest BCUT2D eigenvalue weighted by Gasteiger charge is 2.23. The molecule has 6 nitrogen and oxygen atoms in total. The van der Waals surface area contributed by atoms with Gasteiger partial charge in [0.2, 0.25) is 5.91 Å². The van der Waals surface area contributed by atoms with Gasteiger partial charge in [-0.2, -0.15) is 0 Å². The third-order valence-corrected chi connectivity index (χ3v) is 4.42. The number of carbonyl (C=O) groups excluding carboxylic acids is 1. The Balaban J connectivity index is 1.46. The summed E-state index contributed by atoms with van der Waals surface area (Å²) in [6, 6.07) is 5.91. The molecule has 1 aliphatic heterocycles. The Morgan fingerprint density at radius 2 is 2.28 bits per heavy atom. The Kier molecular flexibility index (Phi) is 6.06. The molecule has 0 spiro atoms. The van der Waals surface area contributed by atoms with Gasteiger partial charge in [0.25, 0.3) is 0 Å². The van der Waals surface area contributed by atoms with Crippen molar-refractivity contribution in [3.05, 3.63) is 53.9 Å². The predicted octanol–water partition coefficient (Wildman–Crippen LogP) is 1.97. The molecule has 0 saturated carbocycles. The second-order valence-electron chi connectivity index (χ2n) is 6.38. The molecule has 1 atom stereocenters. The van der Waals surface area contributed by atoms with Gasteiger partial charge in [0, 0.05) is 43.3 Å². The van der Waals surface area contributed by atoms with Gasteiger partial charge in [0.1, 0.15) is 6.33 Å². The average Bonchev–Trinajstić information content (AvgIpc) is 2.65. The summed E-state index contributed by atoms with van der Waals surface area (Å²) in [4.78, 5) is 26.9. The van der Waals surface area contributed by atoms with Crippen LogP contribution in [0.15, 0.2) is 36.9 Å².